The Morgan fingerprint density at radius 2 is 1.62 bits per heavy atom. The number of carbonyl (C=O) groups excluding carboxylic acids is 1. The molecule has 0 aliphatic heterocycles. The summed E-state index contributed by atoms with van der Waals surface area (Å²) < 4.78 is 46.9. The van der Waals surface area contributed by atoms with E-state index in [2.05, 4.69) is 10.0 Å². The molecule has 0 heterocycles. The van der Waals surface area contributed by atoms with Crippen molar-refractivity contribution >= 4 is 50.5 Å². The number of para-hydroxylation sites is 1. The molecule has 0 bridgehead atoms. The zero-order chi connectivity index (χ0) is 23.3. The van der Waals surface area contributed by atoms with Gasteiger partial charge in [0.25, 0.3) is 15.9 Å². The van der Waals surface area contributed by atoms with E-state index in [0.29, 0.717) is 12.1 Å². The normalized spacial score (nSPS) is 12.1. The molecule has 6 nitrogen and oxygen atoms in total. The van der Waals surface area contributed by atoms with Crippen molar-refractivity contribution in [2.24, 2.45) is 0 Å². The Balaban J connectivity index is 1.69. The number of amides is 1. The van der Waals surface area contributed by atoms with Crippen LogP contribution in [0.15, 0.2) is 71.6 Å². The van der Waals surface area contributed by atoms with E-state index in [1.54, 1.807) is 13.0 Å². The fraction of sp³-hybridized carbons (Fsp3) is 0.136. The standard InChI is InChI=1S/C22H19Cl2FN2O4S/c1-2-20(31-21-6-4-3-5-19(21)25)22(28)26-16-7-9-18(10-8-16)32(29,30)27-17-12-14(23)11-15(24)13-17/h3-13,20,27H,2H2,1H3,(H,26,28)/t20-/m0/s1. The Labute approximate surface area is 195 Å². The molecule has 0 saturated heterocycles. The molecular weight excluding hydrogens is 478 g/mol. The smallest absolute Gasteiger partial charge is 0.265 e. The van der Waals surface area contributed by atoms with E-state index in [1.807, 2.05) is 0 Å². The van der Waals surface area contributed by atoms with Gasteiger partial charge in [-0.15, -0.1) is 0 Å². The number of sulfonamides is 1. The molecule has 32 heavy (non-hydrogen) atoms. The van der Waals surface area contributed by atoms with Crippen molar-refractivity contribution in [1.82, 2.24) is 0 Å². The highest BCUT2D eigenvalue weighted by Gasteiger charge is 2.21. The van der Waals surface area contributed by atoms with Crippen molar-refractivity contribution in [3.63, 3.8) is 0 Å². The third-order valence-electron chi connectivity index (χ3n) is 4.32. The van der Waals surface area contributed by atoms with Crippen LogP contribution in [0, 0.1) is 5.82 Å². The molecule has 0 aliphatic carbocycles. The summed E-state index contributed by atoms with van der Waals surface area (Å²) in [5, 5.41) is 3.22. The lowest BCUT2D eigenvalue weighted by Crippen LogP contribution is -2.32. The van der Waals surface area contributed by atoms with Gasteiger partial charge in [-0.2, -0.15) is 0 Å². The first-order chi connectivity index (χ1) is 15.2. The summed E-state index contributed by atoms with van der Waals surface area (Å²) in [6.45, 7) is 1.73. The van der Waals surface area contributed by atoms with Crippen LogP contribution in [0.2, 0.25) is 10.0 Å². The van der Waals surface area contributed by atoms with Crippen LogP contribution in [0.1, 0.15) is 13.3 Å². The molecule has 0 saturated carbocycles. The number of ether oxygens (including phenoxy) is 1. The fourth-order valence-corrected chi connectivity index (χ4v) is 4.35. The minimum atomic E-state index is -3.90. The summed E-state index contributed by atoms with van der Waals surface area (Å²) in [5.74, 6) is -1.08. The molecule has 1 atom stereocenters. The largest absolute Gasteiger partial charge is 0.478 e. The minimum Gasteiger partial charge on any atom is -0.478 e. The highest BCUT2D eigenvalue weighted by atomic mass is 35.5. The average Bonchev–Trinajstić information content (AvgIpc) is 2.72. The van der Waals surface area contributed by atoms with Gasteiger partial charge in [-0.25, -0.2) is 12.8 Å². The second-order valence-corrected chi connectivity index (χ2v) is 9.28. The second kappa shape index (κ2) is 10.2. The van der Waals surface area contributed by atoms with Crippen molar-refractivity contribution in [1.29, 1.82) is 0 Å². The Kier molecular flexibility index (Phi) is 7.60. The molecule has 0 radical (unpaired) electrons. The molecule has 0 aromatic heterocycles. The Morgan fingerprint density at radius 3 is 2.22 bits per heavy atom. The van der Waals surface area contributed by atoms with Crippen LogP contribution in [0.25, 0.3) is 0 Å². The molecule has 3 aromatic rings. The maximum atomic E-state index is 13.8. The first-order valence-corrected chi connectivity index (χ1v) is 11.7. The molecule has 3 aromatic carbocycles. The monoisotopic (exact) mass is 496 g/mol. The summed E-state index contributed by atoms with van der Waals surface area (Å²) in [6, 6.07) is 15.7. The Bertz CT molecular complexity index is 1200. The summed E-state index contributed by atoms with van der Waals surface area (Å²) in [6.07, 6.45) is -0.622. The van der Waals surface area contributed by atoms with E-state index in [1.165, 1.54) is 60.7 Å². The van der Waals surface area contributed by atoms with Crippen molar-refractivity contribution in [2.75, 3.05) is 10.0 Å². The van der Waals surface area contributed by atoms with Gasteiger partial charge in [0.15, 0.2) is 17.7 Å². The molecule has 0 aliphatic rings. The SMILES string of the molecule is CC[C@H](Oc1ccccc1F)C(=O)Nc1ccc(S(=O)(=O)Nc2cc(Cl)cc(Cl)c2)cc1. The minimum absolute atomic E-state index is 0.0249. The highest BCUT2D eigenvalue weighted by molar-refractivity contribution is 7.92. The number of rotatable bonds is 8. The van der Waals surface area contributed by atoms with Gasteiger partial charge in [0.2, 0.25) is 0 Å². The first kappa shape index (κ1) is 23.8. The molecular formula is C22H19Cl2FN2O4S. The lowest BCUT2D eigenvalue weighted by molar-refractivity contribution is -0.122. The Hall–Kier alpha value is -2.81. The molecule has 10 heteroatoms. The lowest BCUT2D eigenvalue weighted by atomic mass is 10.2. The number of carbonyl (C=O) groups is 1. The van der Waals surface area contributed by atoms with Crippen molar-refractivity contribution in [2.45, 2.75) is 24.3 Å². The number of hydrogen-bond donors (Lipinski definition) is 2. The molecule has 1 amide bonds. The van der Waals surface area contributed by atoms with Crippen LogP contribution in [0.4, 0.5) is 15.8 Å². The number of halogens is 3. The van der Waals surface area contributed by atoms with Gasteiger partial charge >= 0.3 is 0 Å². The van der Waals surface area contributed by atoms with Crippen LogP contribution < -0.4 is 14.8 Å². The topological polar surface area (TPSA) is 84.5 Å². The zero-order valence-electron chi connectivity index (χ0n) is 16.8. The molecule has 0 spiro atoms. The van der Waals surface area contributed by atoms with E-state index in [4.69, 9.17) is 27.9 Å². The van der Waals surface area contributed by atoms with Gasteiger partial charge < -0.3 is 10.1 Å². The third kappa shape index (κ3) is 6.12. The molecule has 0 unspecified atom stereocenters. The van der Waals surface area contributed by atoms with Crippen LogP contribution >= 0.6 is 23.2 Å². The van der Waals surface area contributed by atoms with Gasteiger partial charge in [-0.3, -0.25) is 9.52 Å². The molecule has 3 rings (SSSR count). The predicted octanol–water partition coefficient (Wildman–Crippen LogP) is 5.73. The van der Waals surface area contributed by atoms with E-state index in [9.17, 15) is 17.6 Å². The van der Waals surface area contributed by atoms with Gasteiger partial charge in [0, 0.05) is 15.7 Å². The third-order valence-corrected chi connectivity index (χ3v) is 6.15. The molecule has 0 fully saturated rings. The zero-order valence-corrected chi connectivity index (χ0v) is 19.1. The second-order valence-electron chi connectivity index (χ2n) is 6.72. The number of nitrogens with one attached hydrogen (secondary N) is 2. The summed E-state index contributed by atoms with van der Waals surface area (Å²) in [5.41, 5.74) is 0.575. The summed E-state index contributed by atoms with van der Waals surface area (Å²) in [4.78, 5) is 12.5. The van der Waals surface area contributed by atoms with Crippen LogP contribution in [0.5, 0.6) is 5.75 Å². The van der Waals surface area contributed by atoms with E-state index in [-0.39, 0.29) is 26.4 Å². The summed E-state index contributed by atoms with van der Waals surface area (Å²) >= 11 is 11.8. The van der Waals surface area contributed by atoms with Crippen molar-refractivity contribution in [3.8, 4) is 5.75 Å². The first-order valence-electron chi connectivity index (χ1n) is 9.49. The van der Waals surface area contributed by atoms with E-state index < -0.39 is 27.9 Å². The van der Waals surface area contributed by atoms with Crippen LogP contribution in [-0.4, -0.2) is 20.4 Å². The van der Waals surface area contributed by atoms with Crippen molar-refractivity contribution < 1.29 is 22.3 Å². The van der Waals surface area contributed by atoms with Crippen LogP contribution in [0.3, 0.4) is 0 Å². The van der Waals surface area contributed by atoms with Gasteiger partial charge in [0.05, 0.1) is 10.6 Å². The highest BCUT2D eigenvalue weighted by Crippen LogP contribution is 2.25. The van der Waals surface area contributed by atoms with Gasteiger partial charge in [-0.1, -0.05) is 42.3 Å². The number of hydrogen-bond acceptors (Lipinski definition) is 4. The van der Waals surface area contributed by atoms with Crippen molar-refractivity contribution in [3.05, 3.63) is 82.6 Å². The van der Waals surface area contributed by atoms with Gasteiger partial charge in [0.1, 0.15) is 0 Å². The maximum Gasteiger partial charge on any atom is 0.265 e. The molecule has 2 N–H and O–H groups in total. The summed E-state index contributed by atoms with van der Waals surface area (Å²) in [7, 11) is -3.90. The number of benzene rings is 3. The molecule has 168 valence electrons. The maximum absolute atomic E-state index is 13.8. The van der Waals surface area contributed by atoms with E-state index >= 15 is 0 Å². The van der Waals surface area contributed by atoms with Gasteiger partial charge in [-0.05, 0) is 61.0 Å². The number of anilines is 2. The van der Waals surface area contributed by atoms with E-state index in [0.717, 1.165) is 0 Å². The fourth-order valence-electron chi connectivity index (χ4n) is 2.78. The predicted molar refractivity (Wildman–Crippen MR) is 123 cm³/mol. The average molecular weight is 497 g/mol. The quantitative estimate of drug-likeness (QED) is 0.417. The van der Waals surface area contributed by atoms with Crippen LogP contribution in [-0.2, 0) is 14.8 Å². The lowest BCUT2D eigenvalue weighted by Gasteiger charge is -2.17. The Morgan fingerprint density at radius 1 is 1.00 bits per heavy atom.